The highest BCUT2D eigenvalue weighted by atomic mass is 35.5. The molecule has 2 amide bonds. The van der Waals surface area contributed by atoms with Crippen molar-refractivity contribution >= 4 is 40.9 Å². The van der Waals surface area contributed by atoms with Gasteiger partial charge in [0.05, 0.1) is 12.2 Å². The second kappa shape index (κ2) is 7.74. The van der Waals surface area contributed by atoms with Crippen molar-refractivity contribution in [3.63, 3.8) is 0 Å². The minimum atomic E-state index is -1.09. The maximum Gasteiger partial charge on any atom is 0.268 e. The summed E-state index contributed by atoms with van der Waals surface area (Å²) in [4.78, 5) is 29.9. The smallest absolute Gasteiger partial charge is 0.268 e. The Morgan fingerprint density at radius 3 is 2.55 bits per heavy atom. The van der Waals surface area contributed by atoms with Crippen molar-refractivity contribution in [3.05, 3.63) is 100 Å². The molecule has 1 spiro atoms. The third kappa shape index (κ3) is 3.24. The Hall–Kier alpha value is -2.76. The number of anilines is 1. The molecule has 2 aliphatic rings. The van der Waals surface area contributed by atoms with Gasteiger partial charge in [-0.25, -0.2) is 0 Å². The van der Waals surface area contributed by atoms with Gasteiger partial charge in [-0.05, 0) is 42.8 Å². The van der Waals surface area contributed by atoms with Gasteiger partial charge >= 0.3 is 0 Å². The molecule has 0 N–H and O–H groups in total. The zero-order valence-corrected chi connectivity index (χ0v) is 18.6. The van der Waals surface area contributed by atoms with E-state index in [9.17, 15) is 9.59 Å². The van der Waals surface area contributed by atoms with Crippen LogP contribution in [-0.2, 0) is 16.2 Å². The van der Waals surface area contributed by atoms with E-state index < -0.39 is 4.87 Å². The molecule has 5 rings (SSSR count). The van der Waals surface area contributed by atoms with E-state index in [-0.39, 0.29) is 11.8 Å². The summed E-state index contributed by atoms with van der Waals surface area (Å²) >= 11 is 7.87. The summed E-state index contributed by atoms with van der Waals surface area (Å²) in [6.07, 6.45) is 0. The summed E-state index contributed by atoms with van der Waals surface area (Å²) in [5, 5.41) is 0.558. The Morgan fingerprint density at radius 1 is 1.06 bits per heavy atom. The molecule has 1 saturated heterocycles. The Kier molecular flexibility index (Phi) is 5.03. The molecule has 0 aliphatic carbocycles. The van der Waals surface area contributed by atoms with Crippen LogP contribution in [0.1, 0.15) is 27.0 Å². The standard InChI is InChI=1S/C25H21ClN2O2S/c1-17-7-9-18(10-8-17)16-27-22-12-11-20(26)15-21(22)25(24(27)30)28(13-14-31-25)23(29)19-5-3-2-4-6-19/h2-12,15H,13-14,16H2,1H3/t25-/m1/s1. The van der Waals surface area contributed by atoms with Crippen molar-refractivity contribution in [2.45, 2.75) is 18.3 Å². The van der Waals surface area contributed by atoms with Crippen LogP contribution in [-0.4, -0.2) is 29.0 Å². The number of fused-ring (bicyclic) bond motifs is 2. The van der Waals surface area contributed by atoms with Gasteiger partial charge < -0.3 is 9.80 Å². The van der Waals surface area contributed by atoms with E-state index in [4.69, 9.17) is 11.6 Å². The average Bonchev–Trinajstić information content (AvgIpc) is 3.32. The first-order chi connectivity index (χ1) is 15.0. The molecular formula is C25H21ClN2O2S. The SMILES string of the molecule is Cc1ccc(CN2C(=O)[C@]3(SCCN3C(=O)c3ccccc3)c3cc(Cl)ccc32)cc1. The van der Waals surface area contributed by atoms with Crippen LogP contribution in [0.25, 0.3) is 0 Å². The van der Waals surface area contributed by atoms with E-state index in [1.807, 2.05) is 61.5 Å². The van der Waals surface area contributed by atoms with Crippen LogP contribution in [0.3, 0.4) is 0 Å². The molecule has 0 unspecified atom stereocenters. The van der Waals surface area contributed by atoms with Crippen molar-refractivity contribution in [2.75, 3.05) is 17.2 Å². The summed E-state index contributed by atoms with van der Waals surface area (Å²) in [7, 11) is 0. The number of thioether (sulfide) groups is 1. The highest BCUT2D eigenvalue weighted by Crippen LogP contribution is 2.55. The van der Waals surface area contributed by atoms with E-state index in [1.165, 1.54) is 17.3 Å². The highest BCUT2D eigenvalue weighted by Gasteiger charge is 2.59. The van der Waals surface area contributed by atoms with Gasteiger partial charge in [-0.3, -0.25) is 9.59 Å². The number of hydrogen-bond acceptors (Lipinski definition) is 3. The van der Waals surface area contributed by atoms with E-state index in [0.717, 1.165) is 16.8 Å². The molecule has 156 valence electrons. The predicted molar refractivity (Wildman–Crippen MR) is 125 cm³/mol. The summed E-state index contributed by atoms with van der Waals surface area (Å²) < 4.78 is 0. The first-order valence-corrected chi connectivity index (χ1v) is 11.6. The monoisotopic (exact) mass is 448 g/mol. The lowest BCUT2D eigenvalue weighted by Crippen LogP contribution is -2.50. The van der Waals surface area contributed by atoms with Crippen molar-refractivity contribution in [1.82, 2.24) is 4.90 Å². The van der Waals surface area contributed by atoms with E-state index >= 15 is 0 Å². The van der Waals surface area contributed by atoms with Gasteiger partial charge in [0.1, 0.15) is 0 Å². The normalized spacial score (nSPS) is 19.9. The number of halogens is 1. The fourth-order valence-electron chi connectivity index (χ4n) is 4.36. The quantitative estimate of drug-likeness (QED) is 0.550. The summed E-state index contributed by atoms with van der Waals surface area (Å²) in [6.45, 7) is 3.00. The molecule has 31 heavy (non-hydrogen) atoms. The second-order valence-corrected chi connectivity index (χ2v) is 9.58. The topological polar surface area (TPSA) is 40.6 Å². The van der Waals surface area contributed by atoms with Crippen LogP contribution in [0.15, 0.2) is 72.8 Å². The number of nitrogens with zero attached hydrogens (tertiary/aromatic N) is 2. The molecule has 3 aromatic rings. The minimum Gasteiger partial charge on any atom is -0.311 e. The Labute approximate surface area is 190 Å². The molecule has 1 atom stereocenters. The maximum atomic E-state index is 14.0. The second-order valence-electron chi connectivity index (χ2n) is 7.85. The van der Waals surface area contributed by atoms with E-state index in [0.29, 0.717) is 29.4 Å². The first kappa shape index (κ1) is 20.2. The van der Waals surface area contributed by atoms with Gasteiger partial charge in [0.15, 0.2) is 4.87 Å². The van der Waals surface area contributed by atoms with Gasteiger partial charge in [-0.1, -0.05) is 59.6 Å². The number of carbonyl (C=O) groups is 2. The van der Waals surface area contributed by atoms with Gasteiger partial charge in [0, 0.05) is 28.4 Å². The van der Waals surface area contributed by atoms with Crippen LogP contribution in [0.5, 0.6) is 0 Å². The maximum absolute atomic E-state index is 14.0. The molecular weight excluding hydrogens is 428 g/mol. The highest BCUT2D eigenvalue weighted by molar-refractivity contribution is 8.01. The zero-order valence-electron chi connectivity index (χ0n) is 17.0. The lowest BCUT2D eigenvalue weighted by molar-refractivity contribution is -0.123. The van der Waals surface area contributed by atoms with Crippen molar-refractivity contribution in [2.24, 2.45) is 0 Å². The lowest BCUT2D eigenvalue weighted by atomic mass is 10.0. The molecule has 6 heteroatoms. The summed E-state index contributed by atoms with van der Waals surface area (Å²) in [6, 6.07) is 22.9. The number of rotatable bonds is 3. The number of aryl methyl sites for hydroxylation is 1. The zero-order chi connectivity index (χ0) is 21.6. The van der Waals surface area contributed by atoms with Gasteiger partial charge in [0.2, 0.25) is 0 Å². The number of carbonyl (C=O) groups excluding carboxylic acids is 2. The van der Waals surface area contributed by atoms with Crippen molar-refractivity contribution < 1.29 is 9.59 Å². The summed E-state index contributed by atoms with van der Waals surface area (Å²) in [5.74, 6) is 0.466. The largest absolute Gasteiger partial charge is 0.311 e. The summed E-state index contributed by atoms with van der Waals surface area (Å²) in [5.41, 5.74) is 4.41. The molecule has 3 aromatic carbocycles. The molecule has 1 fully saturated rings. The predicted octanol–water partition coefficient (Wildman–Crippen LogP) is 5.24. The van der Waals surface area contributed by atoms with Crippen LogP contribution in [0.2, 0.25) is 5.02 Å². The van der Waals surface area contributed by atoms with Gasteiger partial charge in [0.25, 0.3) is 11.8 Å². The number of amides is 2. The minimum absolute atomic E-state index is 0.0860. The molecule has 2 heterocycles. The van der Waals surface area contributed by atoms with Crippen LogP contribution in [0.4, 0.5) is 5.69 Å². The molecule has 0 saturated carbocycles. The molecule has 0 aromatic heterocycles. The van der Waals surface area contributed by atoms with E-state index in [2.05, 4.69) is 0 Å². The Morgan fingerprint density at radius 2 is 1.81 bits per heavy atom. The molecule has 2 aliphatic heterocycles. The fourth-order valence-corrected chi connectivity index (χ4v) is 5.98. The van der Waals surface area contributed by atoms with Gasteiger partial charge in [-0.15, -0.1) is 11.8 Å². The third-order valence-corrected chi connectivity index (χ3v) is 7.54. The average molecular weight is 449 g/mol. The third-order valence-electron chi connectivity index (χ3n) is 5.88. The molecule has 0 radical (unpaired) electrons. The lowest BCUT2D eigenvalue weighted by Gasteiger charge is -2.33. The molecule has 4 nitrogen and oxygen atoms in total. The number of benzene rings is 3. The van der Waals surface area contributed by atoms with E-state index in [1.54, 1.807) is 28.0 Å². The first-order valence-electron chi connectivity index (χ1n) is 10.2. The van der Waals surface area contributed by atoms with Crippen molar-refractivity contribution in [3.8, 4) is 0 Å². The van der Waals surface area contributed by atoms with Crippen molar-refractivity contribution in [1.29, 1.82) is 0 Å². The molecule has 0 bridgehead atoms. The number of hydrogen-bond donors (Lipinski definition) is 0. The van der Waals surface area contributed by atoms with Gasteiger partial charge in [-0.2, -0.15) is 0 Å². The Bertz CT molecular complexity index is 1170. The fraction of sp³-hybridized carbons (Fsp3) is 0.200. The van der Waals surface area contributed by atoms with Crippen LogP contribution >= 0.6 is 23.4 Å². The van der Waals surface area contributed by atoms with Crippen LogP contribution in [0, 0.1) is 6.92 Å². The Balaban J connectivity index is 1.60. The van der Waals surface area contributed by atoms with Crippen LogP contribution < -0.4 is 4.90 Å².